The van der Waals surface area contributed by atoms with Gasteiger partial charge in [0, 0.05) is 23.0 Å². The molecule has 1 aliphatic heterocycles. The van der Waals surface area contributed by atoms with E-state index in [-0.39, 0.29) is 5.41 Å². The fraction of sp³-hybridized carbons (Fsp3) is 0.538. The van der Waals surface area contributed by atoms with Crippen molar-refractivity contribution in [3.63, 3.8) is 0 Å². The molecular formula is C13H19BrN2O. The lowest BCUT2D eigenvalue weighted by Gasteiger charge is -2.40. The summed E-state index contributed by atoms with van der Waals surface area (Å²) in [5.41, 5.74) is 7.29. The van der Waals surface area contributed by atoms with E-state index in [1.807, 2.05) is 6.07 Å². The third-order valence-electron chi connectivity index (χ3n) is 3.28. The molecule has 0 amide bonds. The van der Waals surface area contributed by atoms with Crippen LogP contribution in [0.15, 0.2) is 28.7 Å². The van der Waals surface area contributed by atoms with E-state index in [1.165, 1.54) is 10.0 Å². The molecule has 1 heterocycles. The number of rotatable bonds is 6. The zero-order chi connectivity index (χ0) is 12.1. The van der Waals surface area contributed by atoms with Crippen LogP contribution >= 0.6 is 15.9 Å². The molecule has 94 valence electrons. The summed E-state index contributed by atoms with van der Waals surface area (Å²) < 4.78 is 6.42. The number of halogens is 1. The van der Waals surface area contributed by atoms with E-state index in [2.05, 4.69) is 39.4 Å². The fourth-order valence-electron chi connectivity index (χ4n) is 1.96. The van der Waals surface area contributed by atoms with Crippen LogP contribution < -0.4 is 11.1 Å². The van der Waals surface area contributed by atoms with Gasteiger partial charge in [-0.25, -0.2) is 0 Å². The summed E-state index contributed by atoms with van der Waals surface area (Å²) in [6.45, 7) is 4.23. The molecule has 1 aromatic rings. The third kappa shape index (κ3) is 3.28. The van der Waals surface area contributed by atoms with Crippen LogP contribution in [-0.2, 0) is 11.2 Å². The molecular weight excluding hydrogens is 280 g/mol. The van der Waals surface area contributed by atoms with Gasteiger partial charge in [0.2, 0.25) is 0 Å². The molecule has 4 heteroatoms. The normalized spacial score (nSPS) is 17.8. The van der Waals surface area contributed by atoms with Crippen molar-refractivity contribution in [2.75, 3.05) is 32.8 Å². The Morgan fingerprint density at radius 1 is 1.35 bits per heavy atom. The maximum atomic E-state index is 5.76. The van der Waals surface area contributed by atoms with Crippen molar-refractivity contribution in [1.29, 1.82) is 0 Å². The van der Waals surface area contributed by atoms with Gasteiger partial charge in [0.1, 0.15) is 0 Å². The Kier molecular flexibility index (Phi) is 4.56. The first-order valence-corrected chi connectivity index (χ1v) is 6.77. The Hall–Kier alpha value is -0.420. The van der Waals surface area contributed by atoms with Crippen LogP contribution in [0.3, 0.4) is 0 Å². The van der Waals surface area contributed by atoms with E-state index in [0.717, 1.165) is 32.7 Å². The monoisotopic (exact) mass is 298 g/mol. The number of nitrogens with two attached hydrogens (primary N) is 1. The Balaban J connectivity index is 1.71. The second-order valence-electron chi connectivity index (χ2n) is 4.72. The standard InChI is InChI=1S/C13H19BrN2O/c14-12-4-2-1-3-11(12)5-6-16-8-13(7-15)9-17-10-13/h1-4,16H,5-10,15H2. The third-order valence-corrected chi connectivity index (χ3v) is 4.05. The van der Waals surface area contributed by atoms with Gasteiger partial charge in [-0.3, -0.25) is 0 Å². The molecule has 0 aliphatic carbocycles. The minimum Gasteiger partial charge on any atom is -0.380 e. The Morgan fingerprint density at radius 3 is 2.71 bits per heavy atom. The predicted molar refractivity (Wildman–Crippen MR) is 73.0 cm³/mol. The van der Waals surface area contributed by atoms with Gasteiger partial charge in [-0.2, -0.15) is 0 Å². The van der Waals surface area contributed by atoms with Gasteiger partial charge in [-0.15, -0.1) is 0 Å². The van der Waals surface area contributed by atoms with Crippen molar-refractivity contribution in [1.82, 2.24) is 5.32 Å². The molecule has 0 aromatic heterocycles. The summed E-state index contributed by atoms with van der Waals surface area (Å²) in [5, 5.41) is 3.47. The van der Waals surface area contributed by atoms with Gasteiger partial charge in [0.15, 0.2) is 0 Å². The van der Waals surface area contributed by atoms with Crippen LogP contribution in [0.5, 0.6) is 0 Å². The average molecular weight is 299 g/mol. The quantitative estimate of drug-likeness (QED) is 0.784. The lowest BCUT2D eigenvalue weighted by molar-refractivity contribution is -0.104. The van der Waals surface area contributed by atoms with E-state index < -0.39 is 0 Å². The van der Waals surface area contributed by atoms with Crippen molar-refractivity contribution in [3.8, 4) is 0 Å². The van der Waals surface area contributed by atoms with Crippen LogP contribution in [0.4, 0.5) is 0 Å². The molecule has 0 saturated carbocycles. The molecule has 1 aliphatic rings. The molecule has 0 radical (unpaired) electrons. The minimum atomic E-state index is 0.188. The van der Waals surface area contributed by atoms with Crippen LogP contribution in [-0.4, -0.2) is 32.8 Å². The van der Waals surface area contributed by atoms with Gasteiger partial charge in [-0.05, 0) is 24.6 Å². The van der Waals surface area contributed by atoms with E-state index in [0.29, 0.717) is 6.54 Å². The van der Waals surface area contributed by atoms with Crippen molar-refractivity contribution in [2.24, 2.45) is 11.1 Å². The maximum absolute atomic E-state index is 5.76. The molecule has 0 bridgehead atoms. The average Bonchev–Trinajstić information content (AvgIpc) is 2.29. The van der Waals surface area contributed by atoms with Crippen LogP contribution in [0.25, 0.3) is 0 Å². The Bertz CT molecular complexity index is 361. The highest BCUT2D eigenvalue weighted by Crippen LogP contribution is 2.24. The minimum absolute atomic E-state index is 0.188. The second kappa shape index (κ2) is 5.96. The Labute approximate surface area is 111 Å². The maximum Gasteiger partial charge on any atom is 0.0569 e. The van der Waals surface area contributed by atoms with Crippen molar-refractivity contribution in [2.45, 2.75) is 6.42 Å². The zero-order valence-corrected chi connectivity index (χ0v) is 11.5. The summed E-state index contributed by atoms with van der Waals surface area (Å²) in [7, 11) is 0. The van der Waals surface area contributed by atoms with Gasteiger partial charge in [0.25, 0.3) is 0 Å². The molecule has 1 aromatic carbocycles. The zero-order valence-electron chi connectivity index (χ0n) is 9.92. The van der Waals surface area contributed by atoms with E-state index >= 15 is 0 Å². The van der Waals surface area contributed by atoms with Crippen molar-refractivity contribution in [3.05, 3.63) is 34.3 Å². The van der Waals surface area contributed by atoms with E-state index in [4.69, 9.17) is 10.5 Å². The molecule has 0 atom stereocenters. The highest BCUT2D eigenvalue weighted by molar-refractivity contribution is 9.10. The second-order valence-corrected chi connectivity index (χ2v) is 5.57. The lowest BCUT2D eigenvalue weighted by atomic mass is 9.86. The SMILES string of the molecule is NCC1(CNCCc2ccccc2Br)COC1. The highest BCUT2D eigenvalue weighted by Gasteiger charge is 2.36. The summed E-state index contributed by atoms with van der Waals surface area (Å²) >= 11 is 3.56. The summed E-state index contributed by atoms with van der Waals surface area (Å²) in [6, 6.07) is 8.34. The van der Waals surface area contributed by atoms with Crippen LogP contribution in [0.2, 0.25) is 0 Å². The molecule has 1 saturated heterocycles. The first-order chi connectivity index (χ1) is 8.26. The Morgan fingerprint density at radius 2 is 2.12 bits per heavy atom. The van der Waals surface area contributed by atoms with Gasteiger partial charge in [-0.1, -0.05) is 34.1 Å². The molecule has 3 nitrogen and oxygen atoms in total. The van der Waals surface area contributed by atoms with Crippen LogP contribution in [0, 0.1) is 5.41 Å². The van der Waals surface area contributed by atoms with Crippen LogP contribution in [0.1, 0.15) is 5.56 Å². The number of hydrogen-bond acceptors (Lipinski definition) is 3. The van der Waals surface area contributed by atoms with Gasteiger partial charge < -0.3 is 15.8 Å². The largest absolute Gasteiger partial charge is 0.380 e. The van der Waals surface area contributed by atoms with E-state index in [1.54, 1.807) is 0 Å². The smallest absolute Gasteiger partial charge is 0.0569 e. The fourth-order valence-corrected chi connectivity index (χ4v) is 2.44. The molecule has 17 heavy (non-hydrogen) atoms. The van der Waals surface area contributed by atoms with Crippen molar-refractivity contribution < 1.29 is 4.74 Å². The molecule has 0 unspecified atom stereocenters. The molecule has 2 rings (SSSR count). The number of hydrogen-bond donors (Lipinski definition) is 2. The van der Waals surface area contributed by atoms with E-state index in [9.17, 15) is 0 Å². The first-order valence-electron chi connectivity index (χ1n) is 5.98. The number of benzene rings is 1. The molecule has 3 N–H and O–H groups in total. The van der Waals surface area contributed by atoms with Gasteiger partial charge >= 0.3 is 0 Å². The number of nitrogens with one attached hydrogen (secondary N) is 1. The summed E-state index contributed by atoms with van der Waals surface area (Å²) in [4.78, 5) is 0. The molecule has 1 fully saturated rings. The lowest BCUT2D eigenvalue weighted by Crippen LogP contribution is -2.54. The topological polar surface area (TPSA) is 47.3 Å². The summed E-state index contributed by atoms with van der Waals surface area (Å²) in [5.74, 6) is 0. The van der Waals surface area contributed by atoms with Crippen molar-refractivity contribution >= 4 is 15.9 Å². The predicted octanol–water partition coefficient (Wildman–Crippen LogP) is 1.56. The molecule has 0 spiro atoms. The first kappa shape index (κ1) is 13.0. The van der Waals surface area contributed by atoms with Gasteiger partial charge in [0.05, 0.1) is 13.2 Å². The highest BCUT2D eigenvalue weighted by atomic mass is 79.9. The summed E-state index contributed by atoms with van der Waals surface area (Å²) in [6.07, 6.45) is 1.03. The number of ether oxygens (including phenoxy) is 1.